The molecule has 0 spiro atoms. The highest BCUT2D eigenvalue weighted by atomic mass is 35.5. The van der Waals surface area contributed by atoms with Crippen molar-refractivity contribution in [1.82, 2.24) is 10.6 Å². The van der Waals surface area contributed by atoms with Crippen molar-refractivity contribution < 1.29 is 14.7 Å². The van der Waals surface area contributed by atoms with Gasteiger partial charge in [-0.1, -0.05) is 25.4 Å². The van der Waals surface area contributed by atoms with E-state index in [9.17, 15) is 9.59 Å². The van der Waals surface area contributed by atoms with Crippen molar-refractivity contribution in [3.05, 3.63) is 21.3 Å². The van der Waals surface area contributed by atoms with E-state index in [0.29, 0.717) is 17.3 Å². The average molecular weight is 319 g/mol. The molecule has 1 heterocycles. The highest BCUT2D eigenvalue weighted by molar-refractivity contribution is 7.16. The molecule has 0 aliphatic rings. The molecule has 0 saturated heterocycles. The zero-order valence-electron chi connectivity index (χ0n) is 11.5. The fourth-order valence-corrected chi connectivity index (χ4v) is 2.76. The van der Waals surface area contributed by atoms with Gasteiger partial charge in [-0.3, -0.25) is 4.79 Å². The van der Waals surface area contributed by atoms with Gasteiger partial charge in [0.15, 0.2) is 0 Å². The van der Waals surface area contributed by atoms with E-state index >= 15 is 0 Å². The topological polar surface area (TPSA) is 78.4 Å². The summed E-state index contributed by atoms with van der Waals surface area (Å²) in [7, 11) is 0. The lowest BCUT2D eigenvalue weighted by molar-refractivity contribution is -0.142. The summed E-state index contributed by atoms with van der Waals surface area (Å²) in [5, 5.41) is 14.3. The molecule has 0 bridgehead atoms. The number of urea groups is 1. The number of carbonyl (C=O) groups excluding carboxylic acids is 1. The highest BCUT2D eigenvalue weighted by Gasteiger charge is 2.19. The number of hydrogen-bond acceptors (Lipinski definition) is 3. The van der Waals surface area contributed by atoms with Gasteiger partial charge in [0.25, 0.3) is 0 Å². The Kier molecular flexibility index (Phi) is 6.81. The van der Waals surface area contributed by atoms with Crippen LogP contribution in [0.15, 0.2) is 12.1 Å². The first-order valence-electron chi connectivity index (χ1n) is 6.37. The smallest absolute Gasteiger partial charge is 0.315 e. The minimum atomic E-state index is -0.885. The predicted octanol–water partition coefficient (Wildman–Crippen LogP) is 2.95. The lowest BCUT2D eigenvalue weighted by atomic mass is 9.97. The second-order valence-corrected chi connectivity index (χ2v) is 6.73. The zero-order chi connectivity index (χ0) is 15.1. The van der Waals surface area contributed by atoms with E-state index in [2.05, 4.69) is 10.6 Å². The summed E-state index contributed by atoms with van der Waals surface area (Å²) in [4.78, 5) is 23.6. The van der Waals surface area contributed by atoms with Crippen LogP contribution in [0.5, 0.6) is 0 Å². The minimum absolute atomic E-state index is 0.130. The van der Waals surface area contributed by atoms with Crippen molar-refractivity contribution in [1.29, 1.82) is 0 Å². The van der Waals surface area contributed by atoms with Crippen molar-refractivity contribution in [2.75, 3.05) is 6.54 Å². The third-order valence-electron chi connectivity index (χ3n) is 2.67. The van der Waals surface area contributed by atoms with E-state index in [0.717, 1.165) is 4.88 Å². The first-order valence-corrected chi connectivity index (χ1v) is 7.56. The van der Waals surface area contributed by atoms with E-state index in [1.54, 1.807) is 6.07 Å². The summed E-state index contributed by atoms with van der Waals surface area (Å²) >= 11 is 7.18. The van der Waals surface area contributed by atoms with Gasteiger partial charge in [0.05, 0.1) is 16.8 Å². The molecule has 20 heavy (non-hydrogen) atoms. The lowest BCUT2D eigenvalue weighted by Crippen LogP contribution is -2.39. The number of carbonyl (C=O) groups is 2. The van der Waals surface area contributed by atoms with Gasteiger partial charge in [0, 0.05) is 11.4 Å². The Morgan fingerprint density at radius 3 is 2.55 bits per heavy atom. The van der Waals surface area contributed by atoms with Gasteiger partial charge in [-0.05, 0) is 24.5 Å². The second-order valence-electron chi connectivity index (χ2n) is 4.93. The fourth-order valence-electron chi connectivity index (χ4n) is 1.73. The summed E-state index contributed by atoms with van der Waals surface area (Å²) in [6.07, 6.45) is 0.538. The molecule has 1 aromatic rings. The van der Waals surface area contributed by atoms with Gasteiger partial charge in [-0.25, -0.2) is 4.79 Å². The van der Waals surface area contributed by atoms with Crippen molar-refractivity contribution in [2.45, 2.75) is 26.8 Å². The molecule has 3 N–H and O–H groups in total. The third kappa shape index (κ3) is 6.25. The molecule has 1 rings (SSSR count). The lowest BCUT2D eigenvalue weighted by Gasteiger charge is -2.15. The van der Waals surface area contributed by atoms with Crippen LogP contribution in [-0.2, 0) is 11.3 Å². The first kappa shape index (κ1) is 16.8. The number of halogens is 1. The minimum Gasteiger partial charge on any atom is -0.481 e. The zero-order valence-corrected chi connectivity index (χ0v) is 13.1. The molecule has 2 amide bonds. The third-order valence-corrected chi connectivity index (χ3v) is 3.90. The van der Waals surface area contributed by atoms with Gasteiger partial charge < -0.3 is 15.7 Å². The monoisotopic (exact) mass is 318 g/mol. The molecule has 5 nitrogen and oxygen atoms in total. The Labute approximate surface area is 127 Å². The quantitative estimate of drug-likeness (QED) is 0.723. The van der Waals surface area contributed by atoms with Crippen LogP contribution in [0, 0.1) is 11.8 Å². The first-order chi connectivity index (χ1) is 9.38. The van der Waals surface area contributed by atoms with Crippen LogP contribution < -0.4 is 10.6 Å². The molecule has 0 fully saturated rings. The fraction of sp³-hybridized carbons (Fsp3) is 0.538. The van der Waals surface area contributed by atoms with Gasteiger partial charge >= 0.3 is 12.0 Å². The van der Waals surface area contributed by atoms with E-state index in [1.807, 2.05) is 19.9 Å². The van der Waals surface area contributed by atoms with Crippen LogP contribution in [0.25, 0.3) is 0 Å². The van der Waals surface area contributed by atoms with Crippen LogP contribution in [0.4, 0.5) is 4.79 Å². The van der Waals surface area contributed by atoms with Gasteiger partial charge in [0.2, 0.25) is 0 Å². The van der Waals surface area contributed by atoms with Crippen LogP contribution in [0.2, 0.25) is 4.34 Å². The summed E-state index contributed by atoms with van der Waals surface area (Å²) in [6, 6.07) is 3.24. The molecule has 0 radical (unpaired) electrons. The summed E-state index contributed by atoms with van der Waals surface area (Å²) < 4.78 is 0.671. The molecular formula is C13H19ClN2O3S. The maximum absolute atomic E-state index is 11.6. The Hall–Kier alpha value is -1.27. The number of carboxylic acid groups (broad SMARTS) is 1. The molecular weight excluding hydrogens is 300 g/mol. The van der Waals surface area contributed by atoms with Crippen LogP contribution in [0.3, 0.4) is 0 Å². The Bertz CT molecular complexity index is 462. The number of amides is 2. The largest absolute Gasteiger partial charge is 0.481 e. The number of carboxylic acids is 1. The average Bonchev–Trinajstić information content (AvgIpc) is 2.77. The van der Waals surface area contributed by atoms with Gasteiger partial charge in [-0.2, -0.15) is 0 Å². The number of aliphatic carboxylic acids is 1. The predicted molar refractivity (Wildman–Crippen MR) is 80.1 cm³/mol. The van der Waals surface area contributed by atoms with E-state index < -0.39 is 11.9 Å². The normalized spacial score (nSPS) is 12.2. The number of nitrogens with one attached hydrogen (secondary N) is 2. The molecule has 1 atom stereocenters. The van der Waals surface area contributed by atoms with Crippen LogP contribution in [-0.4, -0.2) is 23.7 Å². The van der Waals surface area contributed by atoms with Crippen molar-refractivity contribution in [3.8, 4) is 0 Å². The van der Waals surface area contributed by atoms with Crippen molar-refractivity contribution in [3.63, 3.8) is 0 Å². The van der Waals surface area contributed by atoms with E-state index in [-0.39, 0.29) is 18.5 Å². The second kappa shape index (κ2) is 8.11. The number of hydrogen-bond donors (Lipinski definition) is 3. The molecule has 1 aromatic heterocycles. The summed E-state index contributed by atoms with van der Waals surface area (Å²) in [6.45, 7) is 4.42. The standard InChI is InChI=1S/C13H19ClN2O3S/c1-8(2)5-9(12(17)18)6-15-13(19)16-7-10-3-4-11(14)20-10/h3-4,8-9H,5-7H2,1-2H3,(H,17,18)(H2,15,16,19). The van der Waals surface area contributed by atoms with E-state index in [4.69, 9.17) is 16.7 Å². The maximum Gasteiger partial charge on any atom is 0.315 e. The molecule has 1 unspecified atom stereocenters. The van der Waals surface area contributed by atoms with E-state index in [1.165, 1.54) is 11.3 Å². The van der Waals surface area contributed by atoms with Crippen LogP contribution >= 0.6 is 22.9 Å². The summed E-state index contributed by atoms with van der Waals surface area (Å²) in [5.41, 5.74) is 0. The SMILES string of the molecule is CC(C)CC(CNC(=O)NCc1ccc(Cl)s1)C(=O)O. The Morgan fingerprint density at radius 1 is 1.35 bits per heavy atom. The summed E-state index contributed by atoms with van der Waals surface area (Å²) in [5.74, 6) is -1.17. The van der Waals surface area contributed by atoms with Gasteiger partial charge in [-0.15, -0.1) is 11.3 Å². The molecule has 0 aliphatic carbocycles. The highest BCUT2D eigenvalue weighted by Crippen LogP contribution is 2.20. The Balaban J connectivity index is 2.32. The molecule has 7 heteroatoms. The number of rotatable bonds is 7. The molecule has 0 aromatic carbocycles. The molecule has 112 valence electrons. The van der Waals surface area contributed by atoms with Crippen molar-refractivity contribution in [2.24, 2.45) is 11.8 Å². The van der Waals surface area contributed by atoms with Crippen LogP contribution in [0.1, 0.15) is 25.1 Å². The Morgan fingerprint density at radius 2 is 2.05 bits per heavy atom. The molecule has 0 aliphatic heterocycles. The molecule has 0 saturated carbocycles. The van der Waals surface area contributed by atoms with Gasteiger partial charge in [0.1, 0.15) is 0 Å². The number of thiophene rings is 1. The maximum atomic E-state index is 11.6. The van der Waals surface area contributed by atoms with Crippen molar-refractivity contribution >= 4 is 34.9 Å².